The standard InChI is InChI=1S/C25H24F4O/c1-3-5-16-9-12-19-20-13-10-17(8-6-15-7-11-18(4-2)30-14-15)24(27)22(20)25(28,29)21(19)23(16)26/h4,9-10,12-14,18H,2-3,5-8,11H2,1H3. The van der Waals surface area contributed by atoms with Crippen LogP contribution < -0.4 is 0 Å². The van der Waals surface area contributed by atoms with Crippen molar-refractivity contribution in [2.75, 3.05) is 0 Å². The summed E-state index contributed by atoms with van der Waals surface area (Å²) in [5, 5.41) is 0. The molecule has 1 unspecified atom stereocenters. The van der Waals surface area contributed by atoms with Crippen LogP contribution in [0.2, 0.25) is 0 Å². The molecule has 0 radical (unpaired) electrons. The van der Waals surface area contributed by atoms with Crippen molar-refractivity contribution in [3.05, 3.63) is 82.6 Å². The van der Waals surface area contributed by atoms with E-state index in [-0.39, 0.29) is 34.8 Å². The highest BCUT2D eigenvalue weighted by molar-refractivity contribution is 5.80. The van der Waals surface area contributed by atoms with E-state index in [1.165, 1.54) is 24.3 Å². The van der Waals surface area contributed by atoms with Gasteiger partial charge >= 0.3 is 5.92 Å². The van der Waals surface area contributed by atoms with Crippen molar-refractivity contribution in [1.82, 2.24) is 0 Å². The number of halogens is 4. The summed E-state index contributed by atoms with van der Waals surface area (Å²) in [5.41, 5.74) is 0.220. The van der Waals surface area contributed by atoms with E-state index in [0.717, 1.165) is 18.4 Å². The number of allylic oxidation sites excluding steroid dienone is 1. The van der Waals surface area contributed by atoms with E-state index in [9.17, 15) is 4.39 Å². The number of ether oxygens (including phenoxy) is 1. The molecule has 2 aromatic carbocycles. The maximum Gasteiger partial charge on any atom is 0.305 e. The average Bonchev–Trinajstić information content (AvgIpc) is 2.98. The molecule has 0 bridgehead atoms. The zero-order valence-corrected chi connectivity index (χ0v) is 16.9. The molecule has 0 aromatic heterocycles. The molecular weight excluding hydrogens is 392 g/mol. The summed E-state index contributed by atoms with van der Waals surface area (Å²) in [6.07, 6.45) is 6.79. The molecule has 4 rings (SSSR count). The Balaban J connectivity index is 1.65. The van der Waals surface area contributed by atoms with Crippen LogP contribution in [0.5, 0.6) is 0 Å². The Morgan fingerprint density at radius 1 is 1.00 bits per heavy atom. The van der Waals surface area contributed by atoms with Gasteiger partial charge in [0.2, 0.25) is 0 Å². The van der Waals surface area contributed by atoms with Gasteiger partial charge in [-0.2, -0.15) is 8.78 Å². The summed E-state index contributed by atoms with van der Waals surface area (Å²) in [5.74, 6) is -5.55. The highest BCUT2D eigenvalue weighted by atomic mass is 19.3. The maximum atomic E-state index is 15.2. The minimum absolute atomic E-state index is 0.0184. The predicted octanol–water partition coefficient (Wildman–Crippen LogP) is 7.22. The monoisotopic (exact) mass is 416 g/mol. The van der Waals surface area contributed by atoms with Crippen molar-refractivity contribution >= 4 is 0 Å². The van der Waals surface area contributed by atoms with Crippen LogP contribution in [0.3, 0.4) is 0 Å². The zero-order valence-electron chi connectivity index (χ0n) is 16.9. The molecule has 0 amide bonds. The van der Waals surface area contributed by atoms with E-state index in [4.69, 9.17) is 4.74 Å². The highest BCUT2D eigenvalue weighted by Gasteiger charge is 2.49. The quantitative estimate of drug-likeness (QED) is 0.357. The van der Waals surface area contributed by atoms with Crippen LogP contribution in [0.1, 0.15) is 54.9 Å². The van der Waals surface area contributed by atoms with E-state index in [0.29, 0.717) is 19.3 Å². The fraction of sp³-hybridized carbons (Fsp3) is 0.360. The predicted molar refractivity (Wildman–Crippen MR) is 109 cm³/mol. The van der Waals surface area contributed by atoms with E-state index in [1.807, 2.05) is 6.92 Å². The third kappa shape index (κ3) is 3.34. The Kier molecular flexibility index (Phi) is 5.48. The number of hydrogen-bond acceptors (Lipinski definition) is 1. The normalized spacial score (nSPS) is 19.0. The van der Waals surface area contributed by atoms with Gasteiger partial charge in [-0.1, -0.05) is 50.3 Å². The SMILES string of the molecule is C=CC1CCC(CCc2ccc3c(c2F)C(F)(F)c2c-3ccc(CCC)c2F)=CO1. The second-order valence-corrected chi connectivity index (χ2v) is 7.97. The Bertz CT molecular complexity index is 1020. The van der Waals surface area contributed by atoms with Gasteiger partial charge in [-0.25, -0.2) is 8.78 Å². The first kappa shape index (κ1) is 20.7. The van der Waals surface area contributed by atoms with Crippen LogP contribution >= 0.6 is 0 Å². The van der Waals surface area contributed by atoms with Gasteiger partial charge in [0.25, 0.3) is 0 Å². The summed E-state index contributed by atoms with van der Waals surface area (Å²) in [7, 11) is 0. The molecule has 158 valence electrons. The first-order valence-corrected chi connectivity index (χ1v) is 10.4. The molecular formula is C25H24F4O. The molecule has 1 nitrogen and oxygen atoms in total. The zero-order chi connectivity index (χ0) is 21.5. The molecule has 0 saturated carbocycles. The van der Waals surface area contributed by atoms with Crippen LogP contribution in [0.15, 0.2) is 48.8 Å². The Morgan fingerprint density at radius 3 is 2.10 bits per heavy atom. The lowest BCUT2D eigenvalue weighted by Gasteiger charge is -2.20. The van der Waals surface area contributed by atoms with Gasteiger partial charge in [-0.3, -0.25) is 0 Å². The van der Waals surface area contributed by atoms with Crippen LogP contribution in [0.25, 0.3) is 11.1 Å². The summed E-state index contributed by atoms with van der Waals surface area (Å²) in [6.45, 7) is 5.56. The summed E-state index contributed by atoms with van der Waals surface area (Å²) in [6, 6.07) is 6.04. The summed E-state index contributed by atoms with van der Waals surface area (Å²) < 4.78 is 66.0. The van der Waals surface area contributed by atoms with Crippen molar-refractivity contribution in [3.8, 4) is 11.1 Å². The van der Waals surface area contributed by atoms with Gasteiger partial charge in [0, 0.05) is 0 Å². The van der Waals surface area contributed by atoms with Crippen LogP contribution in [0, 0.1) is 11.6 Å². The lowest BCUT2D eigenvalue weighted by Crippen LogP contribution is -2.17. The highest BCUT2D eigenvalue weighted by Crippen LogP contribution is 2.53. The fourth-order valence-corrected chi connectivity index (χ4v) is 4.37. The summed E-state index contributed by atoms with van der Waals surface area (Å²) in [4.78, 5) is 0. The van der Waals surface area contributed by atoms with E-state index < -0.39 is 28.7 Å². The van der Waals surface area contributed by atoms with Gasteiger partial charge in [-0.15, -0.1) is 0 Å². The molecule has 1 atom stereocenters. The third-order valence-electron chi connectivity index (χ3n) is 6.02. The number of alkyl halides is 2. The molecule has 5 heteroatoms. The molecule has 0 saturated heterocycles. The second kappa shape index (κ2) is 7.93. The first-order chi connectivity index (χ1) is 14.4. The second-order valence-electron chi connectivity index (χ2n) is 7.97. The molecule has 0 spiro atoms. The topological polar surface area (TPSA) is 9.23 Å². The molecule has 0 fully saturated rings. The molecule has 30 heavy (non-hydrogen) atoms. The molecule has 0 N–H and O–H groups in total. The lowest BCUT2D eigenvalue weighted by atomic mass is 9.95. The third-order valence-corrected chi connectivity index (χ3v) is 6.02. The van der Waals surface area contributed by atoms with Crippen LogP contribution in [0.4, 0.5) is 17.6 Å². The van der Waals surface area contributed by atoms with Gasteiger partial charge in [0.05, 0.1) is 17.4 Å². The maximum absolute atomic E-state index is 15.2. The van der Waals surface area contributed by atoms with Crippen molar-refractivity contribution in [1.29, 1.82) is 0 Å². The largest absolute Gasteiger partial charge is 0.494 e. The Labute approximate surface area is 174 Å². The van der Waals surface area contributed by atoms with E-state index in [2.05, 4.69) is 6.58 Å². The molecule has 1 heterocycles. The molecule has 2 aliphatic rings. The number of fused-ring (bicyclic) bond motifs is 3. The Hall–Kier alpha value is -2.56. The first-order valence-electron chi connectivity index (χ1n) is 10.4. The van der Waals surface area contributed by atoms with E-state index >= 15 is 13.2 Å². The molecule has 2 aromatic rings. The van der Waals surface area contributed by atoms with Crippen molar-refractivity contribution in [2.45, 2.75) is 57.5 Å². The number of aryl methyl sites for hydroxylation is 2. The van der Waals surface area contributed by atoms with Crippen LogP contribution in [-0.2, 0) is 23.5 Å². The minimum atomic E-state index is -3.69. The van der Waals surface area contributed by atoms with Crippen LogP contribution in [-0.4, -0.2) is 6.10 Å². The minimum Gasteiger partial charge on any atom is -0.494 e. The van der Waals surface area contributed by atoms with E-state index in [1.54, 1.807) is 12.3 Å². The number of benzene rings is 2. The number of hydrogen-bond donors (Lipinski definition) is 0. The average molecular weight is 416 g/mol. The van der Waals surface area contributed by atoms with Gasteiger partial charge in [0.1, 0.15) is 17.7 Å². The lowest BCUT2D eigenvalue weighted by molar-refractivity contribution is 0.0401. The van der Waals surface area contributed by atoms with Gasteiger partial charge < -0.3 is 4.74 Å². The Morgan fingerprint density at radius 2 is 1.60 bits per heavy atom. The van der Waals surface area contributed by atoms with Crippen molar-refractivity contribution in [2.24, 2.45) is 0 Å². The molecule has 1 aliphatic carbocycles. The smallest absolute Gasteiger partial charge is 0.305 e. The van der Waals surface area contributed by atoms with Gasteiger partial charge in [-0.05, 0) is 59.9 Å². The van der Waals surface area contributed by atoms with Crippen molar-refractivity contribution in [3.63, 3.8) is 0 Å². The van der Waals surface area contributed by atoms with Crippen molar-refractivity contribution < 1.29 is 22.3 Å². The van der Waals surface area contributed by atoms with Gasteiger partial charge in [0.15, 0.2) is 0 Å². The molecule has 1 aliphatic heterocycles. The number of rotatable bonds is 6. The summed E-state index contributed by atoms with van der Waals surface area (Å²) >= 11 is 0. The fourth-order valence-electron chi connectivity index (χ4n) is 4.37.